The minimum absolute atomic E-state index is 0.201. The Hall–Kier alpha value is -4.61. The summed E-state index contributed by atoms with van der Waals surface area (Å²) < 4.78 is 44.0. The lowest BCUT2D eigenvalue weighted by atomic mass is 10.0. The van der Waals surface area contributed by atoms with Crippen LogP contribution >= 0.6 is 0 Å². The van der Waals surface area contributed by atoms with Crippen molar-refractivity contribution >= 4 is 27.5 Å². The van der Waals surface area contributed by atoms with Crippen molar-refractivity contribution in [1.29, 1.82) is 0 Å². The van der Waals surface area contributed by atoms with Crippen LogP contribution in [0.5, 0.6) is 17.2 Å². The van der Waals surface area contributed by atoms with Crippen molar-refractivity contribution in [2.75, 3.05) is 40.2 Å². The van der Waals surface area contributed by atoms with E-state index in [0.717, 1.165) is 22.4 Å². The minimum Gasteiger partial charge on any atom is -0.493 e. The number of likely N-dealkylation sites (N-methyl/N-ethyl adjacent to an activating group) is 1. The van der Waals surface area contributed by atoms with Gasteiger partial charge in [-0.15, -0.1) is 0 Å². The molecule has 0 spiro atoms. The van der Waals surface area contributed by atoms with Crippen LogP contribution in [0.25, 0.3) is 32.9 Å². The normalized spacial score (nSPS) is 12.2. The quantitative estimate of drug-likeness (QED) is 0.237. The SMILES string of the molecule is COc1cc2ncc3c(N)nc(-c4cncc(OC[C@@H](N)CN(C)Cc5ccc(F)cc5F)c4)cc3c2cc1OC. The van der Waals surface area contributed by atoms with E-state index < -0.39 is 11.6 Å². The van der Waals surface area contributed by atoms with Gasteiger partial charge in [0, 0.05) is 59.5 Å². The standard InChI is InChI=1S/C30H30F2N6O3/c1-38(14-17-4-5-19(31)7-25(17)32)15-20(33)16-41-21-6-18(11-35-12-21)26-8-22-23-9-28(39-2)29(40-3)10-27(23)36-13-24(22)30(34)37-26/h4-13,20H,14-16,33H2,1-3H3,(H2,34,37)/t20-/m0/s1. The number of nitrogens with zero attached hydrogens (tertiary/aromatic N) is 4. The molecule has 0 fully saturated rings. The van der Waals surface area contributed by atoms with Gasteiger partial charge < -0.3 is 30.6 Å². The highest BCUT2D eigenvalue weighted by Crippen LogP contribution is 2.37. The molecule has 5 aromatic rings. The van der Waals surface area contributed by atoms with Gasteiger partial charge in [0.15, 0.2) is 11.5 Å². The number of anilines is 1. The molecule has 0 saturated heterocycles. The summed E-state index contributed by atoms with van der Waals surface area (Å²) in [4.78, 5) is 15.3. The maximum atomic E-state index is 14.0. The lowest BCUT2D eigenvalue weighted by Gasteiger charge is -2.22. The number of nitrogen functional groups attached to an aromatic ring is 1. The molecule has 0 unspecified atom stereocenters. The minimum atomic E-state index is -0.609. The Morgan fingerprint density at radius 3 is 2.46 bits per heavy atom. The molecule has 0 saturated carbocycles. The Bertz CT molecular complexity index is 1720. The smallest absolute Gasteiger partial charge is 0.162 e. The van der Waals surface area contributed by atoms with Crippen molar-refractivity contribution in [3.63, 3.8) is 0 Å². The number of nitrogens with two attached hydrogens (primary N) is 2. The van der Waals surface area contributed by atoms with Crippen LogP contribution in [0.15, 0.2) is 61.1 Å². The molecule has 41 heavy (non-hydrogen) atoms. The zero-order valence-electron chi connectivity index (χ0n) is 22.9. The number of pyridine rings is 3. The van der Waals surface area contributed by atoms with Crippen LogP contribution in [0.2, 0.25) is 0 Å². The number of halogens is 2. The largest absolute Gasteiger partial charge is 0.493 e. The number of hydrogen-bond acceptors (Lipinski definition) is 9. The van der Waals surface area contributed by atoms with Crippen LogP contribution in [0.1, 0.15) is 5.56 Å². The van der Waals surface area contributed by atoms with E-state index in [1.54, 1.807) is 32.8 Å². The zero-order chi connectivity index (χ0) is 29.1. The van der Waals surface area contributed by atoms with Gasteiger partial charge in [0.2, 0.25) is 0 Å². The molecule has 0 amide bonds. The predicted octanol–water partition coefficient (Wildman–Crippen LogP) is 4.56. The number of ether oxygens (including phenoxy) is 3. The van der Waals surface area contributed by atoms with Gasteiger partial charge in [-0.05, 0) is 36.7 Å². The highest BCUT2D eigenvalue weighted by molar-refractivity contribution is 6.10. The van der Waals surface area contributed by atoms with Crippen molar-refractivity contribution < 1.29 is 23.0 Å². The molecule has 212 valence electrons. The number of benzene rings is 2. The van der Waals surface area contributed by atoms with E-state index in [9.17, 15) is 8.78 Å². The van der Waals surface area contributed by atoms with E-state index in [1.807, 2.05) is 36.2 Å². The van der Waals surface area contributed by atoms with Crippen LogP contribution in [0.3, 0.4) is 0 Å². The van der Waals surface area contributed by atoms with Crippen molar-refractivity contribution in [3.05, 3.63) is 78.3 Å². The van der Waals surface area contributed by atoms with E-state index in [4.69, 9.17) is 25.7 Å². The third-order valence-electron chi connectivity index (χ3n) is 6.69. The first-order valence-corrected chi connectivity index (χ1v) is 12.8. The molecule has 0 aliphatic carbocycles. The first kappa shape index (κ1) is 27.9. The lowest BCUT2D eigenvalue weighted by molar-refractivity contribution is 0.231. The number of methoxy groups -OCH3 is 2. The molecule has 1 atom stereocenters. The van der Waals surface area contributed by atoms with Crippen molar-refractivity contribution in [2.45, 2.75) is 12.6 Å². The highest BCUT2D eigenvalue weighted by Gasteiger charge is 2.15. The Labute approximate surface area is 235 Å². The number of aromatic nitrogens is 3. The molecule has 4 N–H and O–H groups in total. The molecular weight excluding hydrogens is 530 g/mol. The number of rotatable bonds is 10. The Morgan fingerprint density at radius 1 is 0.927 bits per heavy atom. The number of hydrogen-bond donors (Lipinski definition) is 2. The molecule has 0 aliphatic rings. The molecular formula is C30H30F2N6O3. The summed E-state index contributed by atoms with van der Waals surface area (Å²) in [7, 11) is 4.97. The molecule has 2 aromatic carbocycles. The molecule has 5 rings (SSSR count). The zero-order valence-corrected chi connectivity index (χ0v) is 22.9. The second kappa shape index (κ2) is 11.9. The summed E-state index contributed by atoms with van der Waals surface area (Å²) in [6.07, 6.45) is 4.96. The maximum absolute atomic E-state index is 14.0. The first-order chi connectivity index (χ1) is 19.7. The van der Waals surface area contributed by atoms with Gasteiger partial charge in [-0.2, -0.15) is 0 Å². The van der Waals surface area contributed by atoms with E-state index >= 15 is 0 Å². The monoisotopic (exact) mass is 560 g/mol. The van der Waals surface area contributed by atoms with Gasteiger partial charge >= 0.3 is 0 Å². The van der Waals surface area contributed by atoms with Crippen LogP contribution in [-0.4, -0.2) is 60.3 Å². The average Bonchev–Trinajstić information content (AvgIpc) is 2.96. The second-order valence-electron chi connectivity index (χ2n) is 9.75. The van der Waals surface area contributed by atoms with Gasteiger partial charge in [-0.1, -0.05) is 6.07 Å². The predicted molar refractivity (Wildman–Crippen MR) is 154 cm³/mol. The lowest BCUT2D eigenvalue weighted by Crippen LogP contribution is -2.39. The van der Waals surface area contributed by atoms with E-state index in [2.05, 4.69) is 15.0 Å². The summed E-state index contributed by atoms with van der Waals surface area (Å²) >= 11 is 0. The van der Waals surface area contributed by atoms with Crippen LogP contribution in [0, 0.1) is 11.6 Å². The Morgan fingerprint density at radius 2 is 1.71 bits per heavy atom. The fraction of sp³-hybridized carbons (Fsp3) is 0.233. The number of fused-ring (bicyclic) bond motifs is 3. The van der Waals surface area contributed by atoms with Crippen LogP contribution in [0.4, 0.5) is 14.6 Å². The third kappa shape index (κ3) is 6.11. The van der Waals surface area contributed by atoms with Gasteiger partial charge in [0.25, 0.3) is 0 Å². The molecule has 0 radical (unpaired) electrons. The molecule has 0 bridgehead atoms. The topological polar surface area (TPSA) is 122 Å². The molecule has 9 nitrogen and oxygen atoms in total. The molecule has 3 heterocycles. The summed E-state index contributed by atoms with van der Waals surface area (Å²) in [5.74, 6) is 0.800. The van der Waals surface area contributed by atoms with Crippen molar-refractivity contribution in [3.8, 4) is 28.5 Å². The van der Waals surface area contributed by atoms with Crippen LogP contribution in [-0.2, 0) is 6.54 Å². The highest BCUT2D eigenvalue weighted by atomic mass is 19.1. The van der Waals surface area contributed by atoms with Gasteiger partial charge in [0.05, 0.1) is 37.7 Å². The van der Waals surface area contributed by atoms with E-state index in [1.165, 1.54) is 12.1 Å². The fourth-order valence-electron chi connectivity index (χ4n) is 4.71. The Balaban J connectivity index is 1.33. The first-order valence-electron chi connectivity index (χ1n) is 12.8. The van der Waals surface area contributed by atoms with Crippen molar-refractivity contribution in [1.82, 2.24) is 19.9 Å². The van der Waals surface area contributed by atoms with Crippen molar-refractivity contribution in [2.24, 2.45) is 5.73 Å². The molecule has 0 aliphatic heterocycles. The summed E-state index contributed by atoms with van der Waals surface area (Å²) in [5.41, 5.74) is 15.1. The summed E-state index contributed by atoms with van der Waals surface area (Å²) in [5, 5.41) is 2.41. The molecule has 11 heteroatoms. The summed E-state index contributed by atoms with van der Waals surface area (Å²) in [6.45, 7) is 0.920. The average molecular weight is 561 g/mol. The second-order valence-corrected chi connectivity index (χ2v) is 9.75. The summed E-state index contributed by atoms with van der Waals surface area (Å²) in [6, 6.07) is 10.6. The van der Waals surface area contributed by atoms with Crippen LogP contribution < -0.4 is 25.7 Å². The van der Waals surface area contributed by atoms with E-state index in [0.29, 0.717) is 51.8 Å². The van der Waals surface area contributed by atoms with E-state index in [-0.39, 0.29) is 19.2 Å². The fourth-order valence-corrected chi connectivity index (χ4v) is 4.71. The van der Waals surface area contributed by atoms with Gasteiger partial charge in [0.1, 0.15) is 29.8 Å². The maximum Gasteiger partial charge on any atom is 0.162 e. The van der Waals surface area contributed by atoms with Gasteiger partial charge in [-0.3, -0.25) is 9.97 Å². The molecule has 3 aromatic heterocycles. The third-order valence-corrected chi connectivity index (χ3v) is 6.69. The van der Waals surface area contributed by atoms with Gasteiger partial charge in [-0.25, -0.2) is 13.8 Å². The Kier molecular flexibility index (Phi) is 8.09.